The van der Waals surface area contributed by atoms with Crippen molar-refractivity contribution >= 4 is 0 Å². The summed E-state index contributed by atoms with van der Waals surface area (Å²) in [4.78, 5) is 0. The molecule has 1 saturated carbocycles. The van der Waals surface area contributed by atoms with Gasteiger partial charge in [0.25, 0.3) is 0 Å². The fourth-order valence-corrected chi connectivity index (χ4v) is 3.13. The highest BCUT2D eigenvalue weighted by Gasteiger charge is 2.30. The second-order valence-electron chi connectivity index (χ2n) is 6.00. The average Bonchev–Trinajstić information content (AvgIpc) is 2.61. The van der Waals surface area contributed by atoms with Gasteiger partial charge in [0, 0.05) is 5.54 Å². The predicted molar refractivity (Wildman–Crippen MR) is 73.9 cm³/mol. The summed E-state index contributed by atoms with van der Waals surface area (Å²) in [6.07, 6.45) is 8.65. The second-order valence-corrected chi connectivity index (χ2v) is 6.00. The van der Waals surface area contributed by atoms with E-state index in [-0.39, 0.29) is 11.4 Å². The maximum atomic E-state index is 12.9. The molecule has 18 heavy (non-hydrogen) atoms. The van der Waals surface area contributed by atoms with Crippen LogP contribution in [0, 0.1) is 11.7 Å². The van der Waals surface area contributed by atoms with E-state index < -0.39 is 0 Å². The van der Waals surface area contributed by atoms with Crippen molar-refractivity contribution in [1.82, 2.24) is 0 Å². The molecule has 1 unspecified atom stereocenters. The van der Waals surface area contributed by atoms with E-state index in [0.29, 0.717) is 5.92 Å². The summed E-state index contributed by atoms with van der Waals surface area (Å²) in [5.41, 5.74) is 7.52. The first-order valence-corrected chi connectivity index (χ1v) is 7.11. The van der Waals surface area contributed by atoms with E-state index in [1.807, 2.05) is 12.1 Å². The van der Waals surface area contributed by atoms with E-state index in [2.05, 4.69) is 6.92 Å². The van der Waals surface area contributed by atoms with Gasteiger partial charge >= 0.3 is 0 Å². The van der Waals surface area contributed by atoms with Crippen molar-refractivity contribution in [2.45, 2.75) is 57.4 Å². The monoisotopic (exact) mass is 249 g/mol. The SMILES string of the molecule is CC(N)(Cc1ccc(F)cc1)C1CCCCCC1. The summed E-state index contributed by atoms with van der Waals surface area (Å²) in [6.45, 7) is 2.16. The quantitative estimate of drug-likeness (QED) is 0.803. The topological polar surface area (TPSA) is 26.0 Å². The van der Waals surface area contributed by atoms with E-state index in [4.69, 9.17) is 5.73 Å². The summed E-state index contributed by atoms with van der Waals surface area (Å²) in [5, 5.41) is 0. The molecule has 1 aliphatic carbocycles. The summed E-state index contributed by atoms with van der Waals surface area (Å²) in [6, 6.07) is 6.77. The Hall–Kier alpha value is -0.890. The average molecular weight is 249 g/mol. The first-order valence-electron chi connectivity index (χ1n) is 7.11. The van der Waals surface area contributed by atoms with E-state index in [9.17, 15) is 4.39 Å². The van der Waals surface area contributed by atoms with Crippen LogP contribution in [0.4, 0.5) is 4.39 Å². The van der Waals surface area contributed by atoms with Crippen molar-refractivity contribution in [3.8, 4) is 0 Å². The van der Waals surface area contributed by atoms with Gasteiger partial charge in [0.2, 0.25) is 0 Å². The number of halogens is 1. The Labute approximate surface area is 110 Å². The van der Waals surface area contributed by atoms with Crippen LogP contribution >= 0.6 is 0 Å². The van der Waals surface area contributed by atoms with Crippen LogP contribution in [0.1, 0.15) is 51.0 Å². The van der Waals surface area contributed by atoms with E-state index in [1.54, 1.807) is 0 Å². The third kappa shape index (κ3) is 3.55. The number of rotatable bonds is 3. The van der Waals surface area contributed by atoms with Gasteiger partial charge in [-0.15, -0.1) is 0 Å². The van der Waals surface area contributed by atoms with Crippen molar-refractivity contribution < 1.29 is 4.39 Å². The molecule has 2 N–H and O–H groups in total. The van der Waals surface area contributed by atoms with Crippen molar-refractivity contribution in [2.75, 3.05) is 0 Å². The van der Waals surface area contributed by atoms with Crippen LogP contribution in [0.3, 0.4) is 0 Å². The lowest BCUT2D eigenvalue weighted by molar-refractivity contribution is 0.263. The molecule has 0 bridgehead atoms. The summed E-state index contributed by atoms with van der Waals surface area (Å²) in [7, 11) is 0. The zero-order valence-corrected chi connectivity index (χ0v) is 11.3. The molecule has 1 atom stereocenters. The van der Waals surface area contributed by atoms with Gasteiger partial charge < -0.3 is 5.73 Å². The van der Waals surface area contributed by atoms with Gasteiger partial charge in [0.1, 0.15) is 5.82 Å². The molecule has 0 amide bonds. The van der Waals surface area contributed by atoms with Gasteiger partial charge in [-0.25, -0.2) is 4.39 Å². The Morgan fingerprint density at radius 3 is 2.22 bits per heavy atom. The van der Waals surface area contributed by atoms with Gasteiger partial charge in [-0.1, -0.05) is 37.8 Å². The van der Waals surface area contributed by atoms with E-state index >= 15 is 0 Å². The minimum atomic E-state index is -0.174. The predicted octanol–water partition coefficient (Wildman–Crippen LogP) is 4.06. The molecule has 0 radical (unpaired) electrons. The third-order valence-electron chi connectivity index (χ3n) is 4.29. The molecular formula is C16H24FN. The van der Waals surface area contributed by atoms with Crippen LogP contribution in [0.15, 0.2) is 24.3 Å². The molecule has 100 valence electrons. The van der Waals surface area contributed by atoms with Gasteiger partial charge in [0.15, 0.2) is 0 Å². The number of benzene rings is 1. The molecule has 1 aromatic carbocycles. The summed E-state index contributed by atoms with van der Waals surface area (Å²) < 4.78 is 12.9. The lowest BCUT2D eigenvalue weighted by Gasteiger charge is -2.34. The first kappa shape index (κ1) is 13.5. The van der Waals surface area contributed by atoms with Gasteiger partial charge in [-0.3, -0.25) is 0 Å². The molecule has 0 heterocycles. The first-order chi connectivity index (χ1) is 8.58. The molecule has 0 saturated heterocycles. The largest absolute Gasteiger partial charge is 0.325 e. The molecule has 0 aromatic heterocycles. The Bertz CT molecular complexity index is 361. The molecule has 1 aromatic rings. The summed E-state index contributed by atoms with van der Waals surface area (Å²) in [5.74, 6) is 0.428. The maximum Gasteiger partial charge on any atom is 0.123 e. The number of hydrogen-bond acceptors (Lipinski definition) is 1. The van der Waals surface area contributed by atoms with Crippen LogP contribution in [0.5, 0.6) is 0 Å². The Morgan fingerprint density at radius 2 is 1.67 bits per heavy atom. The highest BCUT2D eigenvalue weighted by Crippen LogP contribution is 2.32. The second kappa shape index (κ2) is 5.83. The van der Waals surface area contributed by atoms with Crippen molar-refractivity contribution in [3.05, 3.63) is 35.6 Å². The lowest BCUT2D eigenvalue weighted by Crippen LogP contribution is -2.46. The van der Waals surface area contributed by atoms with Crippen LogP contribution < -0.4 is 5.73 Å². The smallest absolute Gasteiger partial charge is 0.123 e. The molecule has 2 heteroatoms. The third-order valence-corrected chi connectivity index (χ3v) is 4.29. The fraction of sp³-hybridized carbons (Fsp3) is 0.625. The molecule has 1 fully saturated rings. The Balaban J connectivity index is 2.02. The zero-order chi connectivity index (χ0) is 13.0. The van der Waals surface area contributed by atoms with Crippen LogP contribution in [0.25, 0.3) is 0 Å². The lowest BCUT2D eigenvalue weighted by atomic mass is 9.77. The minimum Gasteiger partial charge on any atom is -0.325 e. The maximum absolute atomic E-state index is 12.9. The Kier molecular flexibility index (Phi) is 4.39. The normalized spacial score (nSPS) is 21.3. The number of hydrogen-bond donors (Lipinski definition) is 1. The van der Waals surface area contributed by atoms with Gasteiger partial charge in [-0.05, 0) is 49.8 Å². The molecule has 2 rings (SSSR count). The molecule has 1 aliphatic rings. The van der Waals surface area contributed by atoms with Gasteiger partial charge in [0.05, 0.1) is 0 Å². The highest BCUT2D eigenvalue weighted by atomic mass is 19.1. The Morgan fingerprint density at radius 1 is 1.11 bits per heavy atom. The van der Waals surface area contributed by atoms with E-state index in [0.717, 1.165) is 12.0 Å². The molecule has 0 spiro atoms. The van der Waals surface area contributed by atoms with Crippen LogP contribution in [-0.4, -0.2) is 5.54 Å². The minimum absolute atomic E-state index is 0.165. The molecular weight excluding hydrogens is 225 g/mol. The highest BCUT2D eigenvalue weighted by molar-refractivity contribution is 5.19. The van der Waals surface area contributed by atoms with Crippen LogP contribution in [0.2, 0.25) is 0 Å². The number of nitrogens with two attached hydrogens (primary N) is 1. The zero-order valence-electron chi connectivity index (χ0n) is 11.3. The van der Waals surface area contributed by atoms with Gasteiger partial charge in [-0.2, -0.15) is 0 Å². The summed E-state index contributed by atoms with van der Waals surface area (Å²) >= 11 is 0. The van der Waals surface area contributed by atoms with Crippen molar-refractivity contribution in [2.24, 2.45) is 11.7 Å². The van der Waals surface area contributed by atoms with Crippen molar-refractivity contribution in [3.63, 3.8) is 0 Å². The van der Waals surface area contributed by atoms with Crippen molar-refractivity contribution in [1.29, 1.82) is 0 Å². The molecule has 1 nitrogen and oxygen atoms in total. The standard InChI is InChI=1S/C16H24FN/c1-16(18,14-6-4-2-3-5-7-14)12-13-8-10-15(17)11-9-13/h8-11,14H,2-7,12,18H2,1H3. The van der Waals surface area contributed by atoms with Crippen LogP contribution in [-0.2, 0) is 6.42 Å². The fourth-order valence-electron chi connectivity index (χ4n) is 3.13. The molecule has 0 aliphatic heterocycles. The van der Waals surface area contributed by atoms with E-state index in [1.165, 1.54) is 50.7 Å².